The van der Waals surface area contributed by atoms with Crippen molar-refractivity contribution in [2.75, 3.05) is 0 Å². The minimum atomic E-state index is 0.906. The summed E-state index contributed by atoms with van der Waals surface area (Å²) < 4.78 is 32.8. The molecule has 23 aromatic carbocycles. The standard InChI is InChI=1S/2C48H30N2O.C42H26N2O/c1-2-12-31(13-3-1)35-14-4-8-18-42(35)50-44-20-10-6-16-37(44)40-29-33(23-26-46(40)50)32-22-25-45-39(28-32)36-15-5-9-19-43(36)49(45)34-24-27-48-41(30-34)38-17-7-11-21-47(38)51-48;1-2-10-31(11-3-1)32-18-22-35(23-19-32)49-43-15-7-4-12-37(43)40-28-33(20-25-45(40)49)34-21-26-46-41(29-34)38-13-5-8-16-44(38)50(46)36-24-27-48-42(30-36)39-14-6-9-17-47(39)51-48;1-2-10-29(11-3-1)43-37-15-7-4-12-31(37)34-24-27(18-21-39(34)43)28-19-22-40-35(25-28)32-13-5-8-16-38(32)44(40)30-20-23-42-36(26-30)33-14-6-9-17-41(33)45-42/h2*1-30H;1-26H. The Morgan fingerprint density at radius 3 is 0.646 bits per heavy atom. The highest BCUT2D eigenvalue weighted by molar-refractivity contribution is 6.19. The molecule has 9 heterocycles. The van der Waals surface area contributed by atoms with E-state index in [0.29, 0.717) is 0 Å². The quantitative estimate of drug-likeness (QED) is 0.130. The minimum Gasteiger partial charge on any atom is -0.456 e. The van der Waals surface area contributed by atoms with Gasteiger partial charge < -0.3 is 40.7 Å². The van der Waals surface area contributed by atoms with E-state index in [9.17, 15) is 0 Å². The van der Waals surface area contributed by atoms with E-state index < -0.39 is 0 Å². The van der Waals surface area contributed by atoms with Crippen LogP contribution >= 0.6 is 0 Å². The normalized spacial score (nSPS) is 11.9. The first-order valence-corrected chi connectivity index (χ1v) is 50.2. The van der Waals surface area contributed by atoms with Gasteiger partial charge in [0.2, 0.25) is 0 Å². The van der Waals surface area contributed by atoms with Crippen LogP contribution in [0.3, 0.4) is 0 Å². The van der Waals surface area contributed by atoms with Crippen molar-refractivity contribution in [3.63, 3.8) is 0 Å². The molecule has 0 saturated carbocycles. The van der Waals surface area contributed by atoms with Crippen LogP contribution in [0.25, 0.3) is 286 Å². The van der Waals surface area contributed by atoms with E-state index in [1.807, 2.05) is 36.4 Å². The molecule has 0 bridgehead atoms. The Morgan fingerprint density at radius 2 is 0.320 bits per heavy atom. The van der Waals surface area contributed by atoms with Crippen LogP contribution in [-0.4, -0.2) is 27.4 Å². The molecule has 32 rings (SSSR count). The van der Waals surface area contributed by atoms with Crippen LogP contribution in [-0.2, 0) is 0 Å². The Kier molecular flexibility index (Phi) is 18.9. The second-order valence-corrected chi connectivity index (χ2v) is 38.5. The lowest BCUT2D eigenvalue weighted by atomic mass is 10.0. The van der Waals surface area contributed by atoms with Crippen LogP contribution < -0.4 is 0 Å². The number of benzene rings is 23. The average Bonchev–Trinajstić information content (AvgIpc) is 1.58. The zero-order valence-electron chi connectivity index (χ0n) is 79.6. The van der Waals surface area contributed by atoms with Gasteiger partial charge in [0.05, 0.1) is 71.9 Å². The van der Waals surface area contributed by atoms with Gasteiger partial charge in [0, 0.05) is 131 Å². The highest BCUT2D eigenvalue weighted by Crippen LogP contribution is 2.48. The number of hydrogen-bond acceptors (Lipinski definition) is 3. The SMILES string of the molecule is c1ccc(-c2ccc(-n3c4ccccc4c4cc(-c5ccc6c(c5)c5ccccc5n6-c5ccc6oc7ccccc7c6c5)ccc43)cc2)cc1.c1ccc(-c2ccccc2-n2c3ccccc3c3cc(-c4ccc5c(c4)c4ccccc4n5-c4ccc5oc6ccccc6c5c4)ccc32)cc1.c1ccc(-n2c3ccccc3c3cc(-c4ccc5c(c4)c4ccccc4n5-c4ccc5oc6ccccc6c5c4)ccc32)cc1. The molecule has 9 aromatic heterocycles. The van der Waals surface area contributed by atoms with Gasteiger partial charge in [-0.05, 0) is 262 Å². The average molecular weight is 1880 g/mol. The Morgan fingerprint density at radius 1 is 0.109 bits per heavy atom. The molecule has 0 aliphatic carbocycles. The molecule has 0 amide bonds. The third kappa shape index (κ3) is 13.4. The van der Waals surface area contributed by atoms with E-state index in [1.165, 1.54) is 198 Å². The van der Waals surface area contributed by atoms with Gasteiger partial charge in [-0.15, -0.1) is 0 Å². The number of furan rings is 3. The van der Waals surface area contributed by atoms with Crippen molar-refractivity contribution < 1.29 is 13.3 Å². The van der Waals surface area contributed by atoms with Gasteiger partial charge in [0.1, 0.15) is 33.5 Å². The molecule has 686 valence electrons. The van der Waals surface area contributed by atoms with Crippen molar-refractivity contribution in [3.8, 4) is 89.8 Å². The third-order valence-electron chi connectivity index (χ3n) is 30.4. The van der Waals surface area contributed by atoms with Crippen LogP contribution in [0.2, 0.25) is 0 Å². The van der Waals surface area contributed by atoms with Crippen LogP contribution in [0.15, 0.2) is 535 Å². The van der Waals surface area contributed by atoms with Gasteiger partial charge in [-0.3, -0.25) is 0 Å². The van der Waals surface area contributed by atoms with E-state index >= 15 is 0 Å². The van der Waals surface area contributed by atoms with E-state index in [0.717, 1.165) is 88.6 Å². The van der Waals surface area contributed by atoms with Crippen LogP contribution in [0.1, 0.15) is 0 Å². The smallest absolute Gasteiger partial charge is 0.135 e. The molecule has 0 aliphatic rings. The maximum absolute atomic E-state index is 6.16. The summed E-state index contributed by atoms with van der Waals surface area (Å²) in [5, 5.41) is 21.8. The first-order chi connectivity index (χ1) is 72.9. The summed E-state index contributed by atoms with van der Waals surface area (Å²) in [6, 6.07) is 188. The summed E-state index contributed by atoms with van der Waals surface area (Å²) >= 11 is 0. The number of nitrogens with zero attached hydrogens (tertiary/aromatic N) is 6. The van der Waals surface area contributed by atoms with E-state index in [1.54, 1.807) is 0 Å². The number of hydrogen-bond donors (Lipinski definition) is 0. The summed E-state index contributed by atoms with van der Waals surface area (Å²) in [6.07, 6.45) is 0. The molecule has 0 aliphatic heterocycles. The van der Waals surface area contributed by atoms with Crippen LogP contribution in [0, 0.1) is 0 Å². The molecule has 9 heteroatoms. The second kappa shape index (κ2) is 33.5. The van der Waals surface area contributed by atoms with Crippen LogP contribution in [0.4, 0.5) is 0 Å². The summed E-state index contributed by atoms with van der Waals surface area (Å²) in [6.45, 7) is 0. The minimum absolute atomic E-state index is 0.906. The molecule has 0 spiro atoms. The summed E-state index contributed by atoms with van der Waals surface area (Å²) in [5.41, 5.74) is 38.8. The highest BCUT2D eigenvalue weighted by Gasteiger charge is 2.25. The maximum Gasteiger partial charge on any atom is 0.135 e. The van der Waals surface area contributed by atoms with Crippen molar-refractivity contribution >= 4 is 197 Å². The molecule has 0 N–H and O–H groups in total. The summed E-state index contributed by atoms with van der Waals surface area (Å²) in [5.74, 6) is 0. The molecule has 0 atom stereocenters. The van der Waals surface area contributed by atoms with Gasteiger partial charge in [0.15, 0.2) is 0 Å². The molecule has 147 heavy (non-hydrogen) atoms. The predicted molar refractivity (Wildman–Crippen MR) is 614 cm³/mol. The summed E-state index contributed by atoms with van der Waals surface area (Å²) in [4.78, 5) is 0. The first-order valence-electron chi connectivity index (χ1n) is 50.2. The fraction of sp³-hybridized carbons (Fsp3) is 0. The van der Waals surface area contributed by atoms with Gasteiger partial charge in [-0.25, -0.2) is 0 Å². The largest absolute Gasteiger partial charge is 0.456 e. The predicted octanol–water partition coefficient (Wildman–Crippen LogP) is 37.7. The Bertz CT molecular complexity index is 11000. The van der Waals surface area contributed by atoms with Crippen molar-refractivity contribution in [2.45, 2.75) is 0 Å². The van der Waals surface area contributed by atoms with E-state index in [4.69, 9.17) is 13.3 Å². The maximum atomic E-state index is 6.16. The molecule has 0 saturated heterocycles. The first kappa shape index (κ1) is 83.1. The molecular weight excluding hydrogens is 1790 g/mol. The van der Waals surface area contributed by atoms with Crippen molar-refractivity contribution in [1.29, 1.82) is 0 Å². The number of para-hydroxylation sites is 11. The monoisotopic (exact) mass is 1870 g/mol. The lowest BCUT2D eigenvalue weighted by Crippen LogP contribution is -1.97. The fourth-order valence-electron chi connectivity index (χ4n) is 23.7. The van der Waals surface area contributed by atoms with Crippen LogP contribution in [0.5, 0.6) is 0 Å². The summed E-state index contributed by atoms with van der Waals surface area (Å²) in [7, 11) is 0. The topological polar surface area (TPSA) is 69.0 Å². The molecule has 0 unspecified atom stereocenters. The zero-order chi connectivity index (χ0) is 96.4. The number of aromatic nitrogens is 6. The lowest BCUT2D eigenvalue weighted by molar-refractivity contribution is 0.668. The number of rotatable bonds is 11. The van der Waals surface area contributed by atoms with Crippen molar-refractivity contribution in [2.24, 2.45) is 0 Å². The molecular formula is C138H86N6O3. The fourth-order valence-corrected chi connectivity index (χ4v) is 23.7. The third-order valence-corrected chi connectivity index (χ3v) is 30.4. The number of fused-ring (bicyclic) bond motifs is 27. The molecule has 32 aromatic rings. The Labute approximate surface area is 842 Å². The Hall–Kier alpha value is -19.7. The lowest BCUT2D eigenvalue weighted by Gasteiger charge is -2.14. The highest BCUT2D eigenvalue weighted by atomic mass is 16.3. The van der Waals surface area contributed by atoms with E-state index in [2.05, 4.69) is 513 Å². The van der Waals surface area contributed by atoms with E-state index in [-0.39, 0.29) is 0 Å². The van der Waals surface area contributed by atoms with Gasteiger partial charge >= 0.3 is 0 Å². The molecule has 0 radical (unpaired) electrons. The van der Waals surface area contributed by atoms with Crippen molar-refractivity contribution in [1.82, 2.24) is 27.4 Å². The Balaban J connectivity index is 0.000000102. The molecule has 9 nitrogen and oxygen atoms in total. The van der Waals surface area contributed by atoms with Gasteiger partial charge in [-0.2, -0.15) is 0 Å². The van der Waals surface area contributed by atoms with Gasteiger partial charge in [0.25, 0.3) is 0 Å². The second-order valence-electron chi connectivity index (χ2n) is 38.5. The zero-order valence-corrected chi connectivity index (χ0v) is 79.6. The van der Waals surface area contributed by atoms with Crippen molar-refractivity contribution in [3.05, 3.63) is 522 Å². The van der Waals surface area contributed by atoms with Gasteiger partial charge in [-0.1, -0.05) is 309 Å². The molecule has 0 fully saturated rings.